The van der Waals surface area contributed by atoms with Gasteiger partial charge in [-0.2, -0.15) is 0 Å². The summed E-state index contributed by atoms with van der Waals surface area (Å²) in [5.74, 6) is 3.86. The second-order valence-electron chi connectivity index (χ2n) is 14.5. The summed E-state index contributed by atoms with van der Waals surface area (Å²) in [6, 6.07) is 25.2. The van der Waals surface area contributed by atoms with Crippen LogP contribution in [-0.4, -0.2) is 36.8 Å². The van der Waals surface area contributed by atoms with Gasteiger partial charge in [-0.05, 0) is 0 Å². The molecule has 0 bridgehead atoms. The summed E-state index contributed by atoms with van der Waals surface area (Å²) in [5.41, 5.74) is 5.92. The first-order valence-corrected chi connectivity index (χ1v) is 24.1. The molecule has 6 aliphatic rings. The molecule has 3 aromatic carbocycles. The van der Waals surface area contributed by atoms with Crippen LogP contribution in [-0.2, 0) is 4.74 Å². The van der Waals surface area contributed by atoms with Gasteiger partial charge in [-0.1, -0.05) is 0 Å². The quantitative estimate of drug-likeness (QED) is 0.229. The fourth-order valence-corrected chi connectivity index (χ4v) is 31.4. The van der Waals surface area contributed by atoms with Gasteiger partial charge in [-0.25, -0.2) is 0 Å². The molecular formula is C41H44BNO3Sn. The summed E-state index contributed by atoms with van der Waals surface area (Å²) in [7, 11) is 0. The van der Waals surface area contributed by atoms with Gasteiger partial charge in [0.05, 0.1) is 0 Å². The van der Waals surface area contributed by atoms with E-state index in [0.717, 1.165) is 43.0 Å². The first kappa shape index (κ1) is 29.9. The molecule has 4 heterocycles. The van der Waals surface area contributed by atoms with Crippen LogP contribution in [0.3, 0.4) is 0 Å². The molecule has 3 unspecified atom stereocenters. The van der Waals surface area contributed by atoms with E-state index in [1.54, 1.807) is 7.16 Å². The number of ether oxygens (including phenoxy) is 3. The van der Waals surface area contributed by atoms with Crippen LogP contribution in [0.15, 0.2) is 114 Å². The van der Waals surface area contributed by atoms with Gasteiger partial charge in [0, 0.05) is 0 Å². The average Bonchev–Trinajstić information content (AvgIpc) is 3.09. The standard InChI is InChI=1S/C31H22BNO3.2C5H11.Sn/c1-31-17-9-16-25-30(31)32-28-23(34-25)14-8-15-24(28)35-26-18-22(19-27(36-31)29(26)32)33(20-10-4-2-5-11-20)21-12-6-3-7-13-21;2*1-3-5-4-2;/h2-10,12,14-16,18-19,27,29H,17H2,1H3;2*5H,3-4H2,1-2H3;. The van der Waals surface area contributed by atoms with E-state index in [2.05, 4.69) is 131 Å². The molecule has 4 nitrogen and oxygen atoms in total. The molecule has 0 radical (unpaired) electrons. The molecule has 2 aliphatic carbocycles. The van der Waals surface area contributed by atoms with Crippen molar-refractivity contribution in [2.24, 2.45) is 0 Å². The molecule has 0 saturated carbocycles. The Morgan fingerprint density at radius 1 is 0.830 bits per heavy atom. The third kappa shape index (κ3) is 3.93. The molecule has 4 aliphatic heterocycles. The molecule has 1 fully saturated rings. The van der Waals surface area contributed by atoms with Crippen molar-refractivity contribution in [1.82, 2.24) is 0 Å². The molecule has 47 heavy (non-hydrogen) atoms. The van der Waals surface area contributed by atoms with Crippen molar-refractivity contribution in [3.05, 3.63) is 114 Å². The zero-order valence-electron chi connectivity index (χ0n) is 28.3. The predicted octanol–water partition coefficient (Wildman–Crippen LogP) is 8.33. The van der Waals surface area contributed by atoms with Crippen LogP contribution in [0, 0.1) is 0 Å². The molecule has 0 amide bonds. The molecule has 0 N–H and O–H groups in total. The Kier molecular flexibility index (Phi) is 6.96. The average molecular weight is 728 g/mol. The summed E-state index contributed by atoms with van der Waals surface area (Å²) >= 11 is -3.31. The van der Waals surface area contributed by atoms with Gasteiger partial charge in [-0.3, -0.25) is 0 Å². The van der Waals surface area contributed by atoms with Crippen molar-refractivity contribution in [3.63, 3.8) is 0 Å². The predicted molar refractivity (Wildman–Crippen MR) is 196 cm³/mol. The Balaban J connectivity index is 1.27. The summed E-state index contributed by atoms with van der Waals surface area (Å²) in [6.45, 7) is 12.2. The van der Waals surface area contributed by atoms with Crippen molar-refractivity contribution in [2.45, 2.75) is 92.1 Å². The van der Waals surface area contributed by atoms with E-state index in [1.165, 1.54) is 48.0 Å². The van der Waals surface area contributed by atoms with Gasteiger partial charge in [0.1, 0.15) is 0 Å². The minimum absolute atomic E-state index is 0.0727. The van der Waals surface area contributed by atoms with E-state index in [4.69, 9.17) is 14.2 Å². The molecule has 238 valence electrons. The number of anilines is 2. The summed E-state index contributed by atoms with van der Waals surface area (Å²) in [5, 5.41) is 0. The molecule has 0 spiro atoms. The Morgan fingerprint density at radius 3 is 2.09 bits per heavy atom. The second kappa shape index (κ2) is 10.9. The van der Waals surface area contributed by atoms with Crippen LogP contribution >= 0.6 is 0 Å². The SMILES string of the molecule is CC[CH](CC)[Sn]1([CH](CC)CC)[c]2ccccc2N(C2=CC3OC4(C)CC=CC5=C4B4c6c(cccc6O5)OC(=C2)C43)c2cccc[c]21. The Bertz CT molecular complexity index is 1860. The fraction of sp³-hybridized carbons (Fsp3) is 0.366. The first-order chi connectivity index (χ1) is 23.0. The summed E-state index contributed by atoms with van der Waals surface area (Å²) in [6.07, 6.45) is 14.8. The molecular weight excluding hydrogens is 684 g/mol. The minimum atomic E-state index is -3.31. The number of hydrogen-bond donors (Lipinski definition) is 0. The van der Waals surface area contributed by atoms with Crippen molar-refractivity contribution in [3.8, 4) is 11.5 Å². The summed E-state index contributed by atoms with van der Waals surface area (Å²) in [4.78, 5) is 2.57. The normalized spacial score (nSPS) is 25.4. The molecule has 1 saturated heterocycles. The zero-order chi connectivity index (χ0) is 32.1. The maximum absolute atomic E-state index is 7.22. The van der Waals surface area contributed by atoms with Gasteiger partial charge in [0.25, 0.3) is 0 Å². The van der Waals surface area contributed by atoms with Gasteiger partial charge in [0.15, 0.2) is 0 Å². The van der Waals surface area contributed by atoms with Crippen LogP contribution in [0.1, 0.15) is 66.7 Å². The third-order valence-corrected chi connectivity index (χ3v) is 32.0. The number of hydrogen-bond acceptors (Lipinski definition) is 4. The Labute approximate surface area is 284 Å². The Morgan fingerprint density at radius 2 is 1.45 bits per heavy atom. The molecule has 0 aromatic heterocycles. The van der Waals surface area contributed by atoms with Gasteiger partial charge in [0.2, 0.25) is 0 Å². The molecule has 6 heteroatoms. The fourth-order valence-electron chi connectivity index (χ4n) is 10.7. The van der Waals surface area contributed by atoms with Crippen molar-refractivity contribution in [1.29, 1.82) is 0 Å². The molecule has 3 aromatic rings. The van der Waals surface area contributed by atoms with Crippen LogP contribution in [0.5, 0.6) is 11.5 Å². The summed E-state index contributed by atoms with van der Waals surface area (Å²) < 4.78 is 25.4. The van der Waals surface area contributed by atoms with E-state index >= 15 is 0 Å². The van der Waals surface area contributed by atoms with E-state index in [9.17, 15) is 0 Å². The van der Waals surface area contributed by atoms with Crippen LogP contribution in [0.25, 0.3) is 0 Å². The van der Waals surface area contributed by atoms with Gasteiger partial charge >= 0.3 is 286 Å². The van der Waals surface area contributed by atoms with Gasteiger partial charge < -0.3 is 0 Å². The van der Waals surface area contributed by atoms with Crippen molar-refractivity contribution >= 4 is 49.1 Å². The molecule has 9 rings (SSSR count). The van der Waals surface area contributed by atoms with E-state index in [-0.39, 0.29) is 18.6 Å². The number of rotatable bonds is 7. The van der Waals surface area contributed by atoms with Crippen LogP contribution < -0.4 is 27.0 Å². The number of fused-ring (bicyclic) bond motifs is 2. The monoisotopic (exact) mass is 729 g/mol. The van der Waals surface area contributed by atoms with E-state index in [1.807, 2.05) is 0 Å². The second-order valence-corrected chi connectivity index (χ2v) is 27.2. The number of para-hydroxylation sites is 2. The topological polar surface area (TPSA) is 30.9 Å². The van der Waals surface area contributed by atoms with Crippen LogP contribution in [0.2, 0.25) is 13.7 Å². The van der Waals surface area contributed by atoms with Crippen molar-refractivity contribution in [2.75, 3.05) is 4.90 Å². The van der Waals surface area contributed by atoms with Crippen molar-refractivity contribution < 1.29 is 14.2 Å². The number of benzene rings is 3. The first-order valence-electron chi connectivity index (χ1n) is 18.0. The third-order valence-electron chi connectivity index (χ3n) is 12.5. The zero-order valence-corrected chi connectivity index (χ0v) is 31.1. The van der Waals surface area contributed by atoms with E-state index in [0.29, 0.717) is 0 Å². The Hall–Kier alpha value is -3.16. The number of nitrogens with zero attached hydrogens (tertiary/aromatic N) is 1. The number of allylic oxidation sites excluding steroid dienone is 2. The van der Waals surface area contributed by atoms with Crippen LogP contribution in [0.4, 0.5) is 11.4 Å². The van der Waals surface area contributed by atoms with E-state index < -0.39 is 24.0 Å². The van der Waals surface area contributed by atoms with Gasteiger partial charge in [-0.15, -0.1) is 0 Å². The molecule has 3 atom stereocenters. The maximum atomic E-state index is 7.22.